The van der Waals surface area contributed by atoms with Gasteiger partial charge in [-0.15, -0.1) is 0 Å². The molecular formula is C28H38FN3O4. The lowest BCUT2D eigenvalue weighted by Gasteiger charge is -2.34. The molecule has 2 N–H and O–H groups in total. The maximum absolute atomic E-state index is 13.7. The van der Waals surface area contributed by atoms with Gasteiger partial charge in [-0.2, -0.15) is 0 Å². The molecule has 8 heteroatoms. The molecule has 1 aliphatic carbocycles. The molecule has 1 saturated carbocycles. The second-order valence-corrected chi connectivity index (χ2v) is 9.79. The van der Waals surface area contributed by atoms with Crippen molar-refractivity contribution in [2.45, 2.75) is 44.2 Å². The van der Waals surface area contributed by atoms with Gasteiger partial charge in [0.05, 0.1) is 13.7 Å². The predicted molar refractivity (Wildman–Crippen MR) is 137 cm³/mol. The second-order valence-electron chi connectivity index (χ2n) is 9.79. The molecule has 3 atom stereocenters. The Bertz CT molecular complexity index is 995. The molecule has 0 aromatic heterocycles. The van der Waals surface area contributed by atoms with E-state index in [1.807, 2.05) is 23.1 Å². The molecule has 2 aromatic carbocycles. The van der Waals surface area contributed by atoms with Gasteiger partial charge in [-0.25, -0.2) is 4.39 Å². The minimum absolute atomic E-state index is 0.000304. The quantitative estimate of drug-likeness (QED) is 0.523. The van der Waals surface area contributed by atoms with Crippen LogP contribution in [-0.4, -0.2) is 79.9 Å². The monoisotopic (exact) mass is 499 g/mol. The van der Waals surface area contributed by atoms with E-state index in [9.17, 15) is 9.18 Å². The Morgan fingerprint density at radius 3 is 2.58 bits per heavy atom. The number of carbonyl (C=O) groups is 1. The molecule has 1 amide bonds. The third kappa shape index (κ3) is 6.75. The normalized spacial score (nSPS) is 21.4. The lowest BCUT2D eigenvalue weighted by molar-refractivity contribution is -0.135. The maximum atomic E-state index is 13.7. The predicted octanol–water partition coefficient (Wildman–Crippen LogP) is 3.34. The highest BCUT2D eigenvalue weighted by Gasteiger charge is 2.27. The molecule has 7 nitrogen and oxygen atoms in total. The fourth-order valence-corrected chi connectivity index (χ4v) is 5.27. The molecule has 0 radical (unpaired) electrons. The van der Waals surface area contributed by atoms with Gasteiger partial charge in [0, 0.05) is 44.8 Å². The number of methoxy groups -OCH3 is 1. The molecule has 4 rings (SSSR count). The Morgan fingerprint density at radius 2 is 1.89 bits per heavy atom. The molecule has 0 bridgehead atoms. The van der Waals surface area contributed by atoms with Gasteiger partial charge >= 0.3 is 0 Å². The number of piperazine rings is 1. The van der Waals surface area contributed by atoms with E-state index in [2.05, 4.69) is 29.3 Å². The Labute approximate surface area is 213 Å². The number of rotatable bonds is 10. The van der Waals surface area contributed by atoms with Crippen molar-refractivity contribution in [3.8, 4) is 11.5 Å². The van der Waals surface area contributed by atoms with Gasteiger partial charge in [-0.1, -0.05) is 18.2 Å². The third-order valence-electron chi connectivity index (χ3n) is 7.45. The first-order chi connectivity index (χ1) is 17.5. The van der Waals surface area contributed by atoms with Crippen LogP contribution in [0.15, 0.2) is 42.5 Å². The SMILES string of the molecule is COc1cc([C@@H](C)N[C@H]2CC[C@@H](c3ccc(OCC(=O)N4CCN(CCO)CC4)cc3)C2)ccc1F. The number of benzene rings is 2. The summed E-state index contributed by atoms with van der Waals surface area (Å²) < 4.78 is 24.6. The average Bonchev–Trinajstić information content (AvgIpc) is 3.37. The Kier molecular flexibility index (Phi) is 9.18. The van der Waals surface area contributed by atoms with Crippen molar-refractivity contribution in [1.82, 2.24) is 15.1 Å². The Hall–Kier alpha value is -2.68. The Morgan fingerprint density at radius 1 is 1.14 bits per heavy atom. The summed E-state index contributed by atoms with van der Waals surface area (Å²) in [5, 5.41) is 12.7. The van der Waals surface area contributed by atoms with Gasteiger partial charge in [-0.3, -0.25) is 9.69 Å². The van der Waals surface area contributed by atoms with Gasteiger partial charge in [0.25, 0.3) is 5.91 Å². The summed E-state index contributed by atoms with van der Waals surface area (Å²) in [5.41, 5.74) is 2.30. The number of aliphatic hydroxyl groups excluding tert-OH is 1. The number of halogens is 1. The van der Waals surface area contributed by atoms with E-state index in [0.29, 0.717) is 37.3 Å². The van der Waals surface area contributed by atoms with Crippen molar-refractivity contribution < 1.29 is 23.8 Å². The molecule has 0 unspecified atom stereocenters. The van der Waals surface area contributed by atoms with Crippen LogP contribution in [0.2, 0.25) is 0 Å². The van der Waals surface area contributed by atoms with E-state index < -0.39 is 0 Å². The van der Waals surface area contributed by atoms with Crippen LogP contribution in [-0.2, 0) is 4.79 Å². The van der Waals surface area contributed by atoms with E-state index >= 15 is 0 Å². The number of hydrogen-bond acceptors (Lipinski definition) is 6. The second kappa shape index (κ2) is 12.5. The number of nitrogens with one attached hydrogen (secondary N) is 1. The topological polar surface area (TPSA) is 74.3 Å². The average molecular weight is 500 g/mol. The van der Waals surface area contributed by atoms with Crippen LogP contribution in [0.3, 0.4) is 0 Å². The fourth-order valence-electron chi connectivity index (χ4n) is 5.27. The summed E-state index contributed by atoms with van der Waals surface area (Å²) in [4.78, 5) is 16.5. The maximum Gasteiger partial charge on any atom is 0.260 e. The zero-order chi connectivity index (χ0) is 25.5. The summed E-state index contributed by atoms with van der Waals surface area (Å²) in [6.45, 7) is 5.87. The highest BCUT2D eigenvalue weighted by Crippen LogP contribution is 2.36. The number of amides is 1. The smallest absolute Gasteiger partial charge is 0.260 e. The fraction of sp³-hybridized carbons (Fsp3) is 0.536. The number of ether oxygens (including phenoxy) is 2. The van der Waals surface area contributed by atoms with Crippen LogP contribution >= 0.6 is 0 Å². The van der Waals surface area contributed by atoms with Crippen molar-refractivity contribution in [1.29, 1.82) is 0 Å². The van der Waals surface area contributed by atoms with E-state index in [1.54, 1.807) is 6.07 Å². The highest BCUT2D eigenvalue weighted by molar-refractivity contribution is 5.77. The number of nitrogens with zero attached hydrogens (tertiary/aromatic N) is 2. The third-order valence-corrected chi connectivity index (χ3v) is 7.45. The zero-order valence-corrected chi connectivity index (χ0v) is 21.3. The molecule has 2 aromatic rings. The molecule has 2 fully saturated rings. The molecule has 36 heavy (non-hydrogen) atoms. The van der Waals surface area contributed by atoms with Crippen molar-refractivity contribution >= 4 is 5.91 Å². The van der Waals surface area contributed by atoms with Crippen LogP contribution < -0.4 is 14.8 Å². The molecule has 1 saturated heterocycles. The van der Waals surface area contributed by atoms with Gasteiger partial charge < -0.3 is 24.8 Å². The number of aliphatic hydroxyl groups is 1. The first-order valence-electron chi connectivity index (χ1n) is 12.9. The lowest BCUT2D eigenvalue weighted by Crippen LogP contribution is -2.50. The molecule has 1 aliphatic heterocycles. The molecule has 2 aliphatic rings. The zero-order valence-electron chi connectivity index (χ0n) is 21.3. The van der Waals surface area contributed by atoms with Crippen LogP contribution in [0.25, 0.3) is 0 Å². The number of hydrogen-bond donors (Lipinski definition) is 2. The highest BCUT2D eigenvalue weighted by atomic mass is 19.1. The Balaban J connectivity index is 1.22. The standard InChI is InChI=1S/C28H38FN3O4/c1-20(22-6-10-26(29)27(18-22)35-2)30-24-7-3-23(17-24)21-4-8-25(9-5-21)36-19-28(34)32-13-11-31(12-14-32)15-16-33/h4-6,8-10,18,20,23-24,30,33H,3,7,11-17,19H2,1-2H3/t20-,23-,24+/m1/s1. The summed E-state index contributed by atoms with van der Waals surface area (Å²) in [6.07, 6.45) is 3.24. The van der Waals surface area contributed by atoms with Crippen LogP contribution in [0.4, 0.5) is 4.39 Å². The van der Waals surface area contributed by atoms with Crippen LogP contribution in [0.5, 0.6) is 11.5 Å². The van der Waals surface area contributed by atoms with E-state index in [1.165, 1.54) is 18.7 Å². The lowest BCUT2D eigenvalue weighted by atomic mass is 9.97. The molecule has 0 spiro atoms. The summed E-state index contributed by atoms with van der Waals surface area (Å²) in [6, 6.07) is 13.7. The van der Waals surface area contributed by atoms with Crippen molar-refractivity contribution in [2.75, 3.05) is 53.0 Å². The minimum atomic E-state index is -0.344. The largest absolute Gasteiger partial charge is 0.494 e. The van der Waals surface area contributed by atoms with Gasteiger partial charge in [0.2, 0.25) is 0 Å². The van der Waals surface area contributed by atoms with Gasteiger partial charge in [0.15, 0.2) is 18.2 Å². The van der Waals surface area contributed by atoms with Crippen molar-refractivity contribution in [2.24, 2.45) is 0 Å². The number of β-amino-alcohol motifs (C(OH)–C–C–N with tert-alkyl or cyclic N) is 1. The minimum Gasteiger partial charge on any atom is -0.494 e. The summed E-state index contributed by atoms with van der Waals surface area (Å²) >= 11 is 0. The van der Waals surface area contributed by atoms with Crippen molar-refractivity contribution in [3.05, 3.63) is 59.4 Å². The number of carbonyl (C=O) groups excluding carboxylic acids is 1. The molecule has 1 heterocycles. The summed E-state index contributed by atoms with van der Waals surface area (Å²) in [7, 11) is 1.48. The van der Waals surface area contributed by atoms with E-state index in [0.717, 1.165) is 37.9 Å². The van der Waals surface area contributed by atoms with E-state index in [4.69, 9.17) is 14.6 Å². The van der Waals surface area contributed by atoms with Crippen LogP contribution in [0.1, 0.15) is 49.3 Å². The summed E-state index contributed by atoms with van der Waals surface area (Å²) in [5.74, 6) is 1.11. The van der Waals surface area contributed by atoms with Crippen molar-refractivity contribution in [3.63, 3.8) is 0 Å². The van der Waals surface area contributed by atoms with Gasteiger partial charge in [0.1, 0.15) is 5.75 Å². The first-order valence-corrected chi connectivity index (χ1v) is 12.9. The molecule has 196 valence electrons. The van der Waals surface area contributed by atoms with Gasteiger partial charge in [-0.05, 0) is 67.5 Å². The molecular weight excluding hydrogens is 461 g/mol. The van der Waals surface area contributed by atoms with E-state index in [-0.39, 0.29) is 36.7 Å². The van der Waals surface area contributed by atoms with Crippen LogP contribution in [0, 0.1) is 5.82 Å². The first kappa shape index (κ1) is 26.4.